The zero-order valence-electron chi connectivity index (χ0n) is 12.7. The average Bonchev–Trinajstić information content (AvgIpc) is 2.46. The standard InChI is InChI=1S/C17H28N2/c1-14-9-11-15(12-10-14)17(18-2)13-19(3)16-7-5-4-6-8-16/h9-12,16-18H,4-8,13H2,1-3H3. The number of hydrogen-bond donors (Lipinski definition) is 1. The van der Waals surface area contributed by atoms with Crippen LogP contribution in [0.15, 0.2) is 24.3 Å². The van der Waals surface area contributed by atoms with Crippen LogP contribution in [0, 0.1) is 6.92 Å². The third-order valence-electron chi connectivity index (χ3n) is 4.50. The van der Waals surface area contributed by atoms with Gasteiger partial charge in [-0.05, 0) is 39.4 Å². The molecule has 0 saturated heterocycles. The Morgan fingerprint density at radius 3 is 2.37 bits per heavy atom. The topological polar surface area (TPSA) is 15.3 Å². The summed E-state index contributed by atoms with van der Waals surface area (Å²) in [4.78, 5) is 2.56. The summed E-state index contributed by atoms with van der Waals surface area (Å²) in [6, 6.07) is 10.2. The van der Waals surface area contributed by atoms with Crippen molar-refractivity contribution >= 4 is 0 Å². The second kappa shape index (κ2) is 7.06. The Hall–Kier alpha value is -0.860. The molecule has 2 nitrogen and oxygen atoms in total. The number of aryl methyl sites for hydroxylation is 1. The third-order valence-corrected chi connectivity index (χ3v) is 4.50. The first-order valence-electron chi connectivity index (χ1n) is 7.65. The predicted octanol–water partition coefficient (Wildman–Crippen LogP) is 3.52. The molecule has 0 amide bonds. The van der Waals surface area contributed by atoms with Crippen molar-refractivity contribution in [1.82, 2.24) is 10.2 Å². The zero-order chi connectivity index (χ0) is 13.7. The molecule has 0 aromatic heterocycles. The number of rotatable bonds is 5. The van der Waals surface area contributed by atoms with Crippen LogP contribution in [0.3, 0.4) is 0 Å². The van der Waals surface area contributed by atoms with Gasteiger partial charge in [0.15, 0.2) is 0 Å². The van der Waals surface area contributed by atoms with Crippen LogP contribution in [-0.2, 0) is 0 Å². The maximum Gasteiger partial charge on any atom is 0.0446 e. The summed E-state index contributed by atoms with van der Waals surface area (Å²) in [5.41, 5.74) is 2.73. The molecule has 1 unspecified atom stereocenters. The molecular formula is C17H28N2. The summed E-state index contributed by atoms with van der Waals surface area (Å²) in [7, 11) is 4.35. The fraction of sp³-hybridized carbons (Fsp3) is 0.647. The van der Waals surface area contributed by atoms with Gasteiger partial charge in [0.05, 0.1) is 0 Å². The molecule has 1 N–H and O–H groups in total. The van der Waals surface area contributed by atoms with Gasteiger partial charge in [0.2, 0.25) is 0 Å². The van der Waals surface area contributed by atoms with Crippen LogP contribution in [0.1, 0.15) is 49.3 Å². The molecule has 0 spiro atoms. The van der Waals surface area contributed by atoms with E-state index in [0.717, 1.165) is 12.6 Å². The summed E-state index contributed by atoms with van der Waals surface area (Å²) < 4.78 is 0. The van der Waals surface area contributed by atoms with E-state index in [9.17, 15) is 0 Å². The first-order chi connectivity index (χ1) is 9.20. The van der Waals surface area contributed by atoms with Crippen molar-refractivity contribution in [3.05, 3.63) is 35.4 Å². The molecule has 2 heteroatoms. The van der Waals surface area contributed by atoms with Crippen molar-refractivity contribution in [3.8, 4) is 0 Å². The van der Waals surface area contributed by atoms with E-state index in [-0.39, 0.29) is 0 Å². The Bertz CT molecular complexity index is 365. The summed E-state index contributed by atoms with van der Waals surface area (Å²) in [6.07, 6.45) is 6.99. The Morgan fingerprint density at radius 2 is 1.79 bits per heavy atom. The van der Waals surface area contributed by atoms with Gasteiger partial charge in [0.25, 0.3) is 0 Å². The van der Waals surface area contributed by atoms with E-state index < -0.39 is 0 Å². The molecule has 1 fully saturated rings. The highest BCUT2D eigenvalue weighted by Gasteiger charge is 2.20. The highest BCUT2D eigenvalue weighted by atomic mass is 15.1. The monoisotopic (exact) mass is 260 g/mol. The van der Waals surface area contributed by atoms with Gasteiger partial charge < -0.3 is 10.2 Å². The molecule has 0 radical (unpaired) electrons. The van der Waals surface area contributed by atoms with E-state index >= 15 is 0 Å². The largest absolute Gasteiger partial charge is 0.312 e. The van der Waals surface area contributed by atoms with E-state index in [0.29, 0.717) is 6.04 Å². The van der Waals surface area contributed by atoms with Crippen molar-refractivity contribution in [3.63, 3.8) is 0 Å². The molecule has 1 atom stereocenters. The lowest BCUT2D eigenvalue weighted by molar-refractivity contribution is 0.176. The minimum atomic E-state index is 0.438. The Kier molecular flexibility index (Phi) is 5.41. The average molecular weight is 260 g/mol. The second-order valence-electron chi connectivity index (χ2n) is 5.98. The fourth-order valence-electron chi connectivity index (χ4n) is 3.12. The molecular weight excluding hydrogens is 232 g/mol. The van der Waals surface area contributed by atoms with Crippen molar-refractivity contribution in [2.75, 3.05) is 20.6 Å². The minimum Gasteiger partial charge on any atom is -0.312 e. The van der Waals surface area contributed by atoms with Crippen molar-refractivity contribution in [1.29, 1.82) is 0 Å². The van der Waals surface area contributed by atoms with Crippen LogP contribution in [0.2, 0.25) is 0 Å². The van der Waals surface area contributed by atoms with Crippen molar-refractivity contribution < 1.29 is 0 Å². The second-order valence-corrected chi connectivity index (χ2v) is 5.98. The van der Waals surface area contributed by atoms with E-state index in [4.69, 9.17) is 0 Å². The summed E-state index contributed by atoms with van der Waals surface area (Å²) in [5.74, 6) is 0. The van der Waals surface area contributed by atoms with Gasteiger partial charge in [0, 0.05) is 18.6 Å². The van der Waals surface area contributed by atoms with Crippen LogP contribution in [0.5, 0.6) is 0 Å². The summed E-state index contributed by atoms with van der Waals surface area (Å²) in [5, 5.41) is 3.47. The molecule has 0 heterocycles. The molecule has 0 bridgehead atoms. The molecule has 106 valence electrons. The number of likely N-dealkylation sites (N-methyl/N-ethyl adjacent to an activating group) is 2. The van der Waals surface area contributed by atoms with Crippen LogP contribution < -0.4 is 5.32 Å². The van der Waals surface area contributed by atoms with Gasteiger partial charge in [-0.1, -0.05) is 49.1 Å². The van der Waals surface area contributed by atoms with Crippen LogP contribution in [0.4, 0.5) is 0 Å². The van der Waals surface area contributed by atoms with E-state index in [1.54, 1.807) is 0 Å². The van der Waals surface area contributed by atoms with Crippen LogP contribution in [0.25, 0.3) is 0 Å². The summed E-state index contributed by atoms with van der Waals surface area (Å²) in [6.45, 7) is 3.25. The van der Waals surface area contributed by atoms with E-state index in [2.05, 4.69) is 55.5 Å². The van der Waals surface area contributed by atoms with Crippen molar-refractivity contribution in [2.45, 2.75) is 51.1 Å². The molecule has 1 aliphatic rings. The lowest BCUT2D eigenvalue weighted by Gasteiger charge is -2.33. The van der Waals surface area contributed by atoms with Crippen molar-refractivity contribution in [2.24, 2.45) is 0 Å². The van der Waals surface area contributed by atoms with E-state index in [1.807, 2.05) is 0 Å². The van der Waals surface area contributed by atoms with Gasteiger partial charge in [-0.2, -0.15) is 0 Å². The molecule has 1 aliphatic carbocycles. The molecule has 19 heavy (non-hydrogen) atoms. The molecule has 2 rings (SSSR count). The van der Waals surface area contributed by atoms with Crippen LogP contribution in [-0.4, -0.2) is 31.6 Å². The van der Waals surface area contributed by atoms with Gasteiger partial charge in [0.1, 0.15) is 0 Å². The number of nitrogens with one attached hydrogen (secondary N) is 1. The predicted molar refractivity (Wildman–Crippen MR) is 82.5 cm³/mol. The minimum absolute atomic E-state index is 0.438. The highest BCUT2D eigenvalue weighted by molar-refractivity contribution is 5.24. The lowest BCUT2D eigenvalue weighted by atomic mass is 9.94. The van der Waals surface area contributed by atoms with Gasteiger partial charge in [-0.3, -0.25) is 0 Å². The van der Waals surface area contributed by atoms with Gasteiger partial charge in [-0.15, -0.1) is 0 Å². The van der Waals surface area contributed by atoms with Gasteiger partial charge >= 0.3 is 0 Å². The number of hydrogen-bond acceptors (Lipinski definition) is 2. The quantitative estimate of drug-likeness (QED) is 0.871. The van der Waals surface area contributed by atoms with Gasteiger partial charge in [-0.25, -0.2) is 0 Å². The molecule has 1 aromatic rings. The van der Waals surface area contributed by atoms with Crippen LogP contribution >= 0.6 is 0 Å². The fourth-order valence-corrected chi connectivity index (χ4v) is 3.12. The first kappa shape index (κ1) is 14.5. The third kappa shape index (κ3) is 4.05. The normalized spacial score (nSPS) is 18.7. The zero-order valence-corrected chi connectivity index (χ0v) is 12.7. The SMILES string of the molecule is CNC(CN(C)C1CCCCC1)c1ccc(C)cc1. The summed E-state index contributed by atoms with van der Waals surface area (Å²) >= 11 is 0. The molecule has 0 aliphatic heterocycles. The van der Waals surface area contributed by atoms with E-state index in [1.165, 1.54) is 43.2 Å². The maximum absolute atomic E-state index is 3.47. The first-order valence-corrected chi connectivity index (χ1v) is 7.65. The highest BCUT2D eigenvalue weighted by Crippen LogP contribution is 2.23. The lowest BCUT2D eigenvalue weighted by Crippen LogP contribution is -2.39. The maximum atomic E-state index is 3.47. The smallest absolute Gasteiger partial charge is 0.0446 e. The Labute approximate surface area is 118 Å². The number of benzene rings is 1. The number of nitrogens with zero attached hydrogens (tertiary/aromatic N) is 1. The molecule has 1 aromatic carbocycles. The Morgan fingerprint density at radius 1 is 1.16 bits per heavy atom. The Balaban J connectivity index is 1.96. The molecule has 1 saturated carbocycles.